The number of hydrogen-bond donors (Lipinski definition) is 0. The molecule has 7 heteroatoms. The number of hydrogen-bond acceptors (Lipinski definition) is 5. The summed E-state index contributed by atoms with van der Waals surface area (Å²) in [7, 11) is 0. The van der Waals surface area contributed by atoms with Crippen molar-refractivity contribution in [2.75, 3.05) is 0 Å². The maximum atomic E-state index is 13.4. The summed E-state index contributed by atoms with van der Waals surface area (Å²) >= 11 is -7.95. The van der Waals surface area contributed by atoms with Crippen LogP contribution in [0.15, 0.2) is 0 Å². The molecule has 0 saturated carbocycles. The van der Waals surface area contributed by atoms with Crippen molar-refractivity contribution in [2.45, 2.75) is 239 Å². The van der Waals surface area contributed by atoms with Crippen LogP contribution in [0.2, 0.25) is 17.7 Å². The fourth-order valence-electron chi connectivity index (χ4n) is 6.66. The molecule has 0 amide bonds. The van der Waals surface area contributed by atoms with Gasteiger partial charge >= 0.3 is 307 Å². The summed E-state index contributed by atoms with van der Waals surface area (Å²) in [4.78, 5) is 26.8. The normalized spacial score (nSPS) is 12.0. The van der Waals surface area contributed by atoms with Crippen LogP contribution in [0.25, 0.3) is 0 Å². The molecule has 5 nitrogen and oxygen atoms in total. The van der Waals surface area contributed by atoms with Gasteiger partial charge in [0.05, 0.1) is 0 Å². The van der Waals surface area contributed by atoms with E-state index in [9.17, 15) is 9.59 Å². The number of unbranched alkanes of at least 4 members (excludes halogenated alkanes) is 20. The fraction of sp³-hybridized carbons (Fsp3) is 0.950. The quantitative estimate of drug-likeness (QED) is 0.0463. The third kappa shape index (κ3) is 26.9. The van der Waals surface area contributed by atoms with Gasteiger partial charge in [0, 0.05) is 0 Å². The minimum absolute atomic E-state index is 0.0560. The van der Waals surface area contributed by atoms with Crippen LogP contribution in [0.1, 0.15) is 221 Å². The average molecular weight is 881 g/mol. The Bertz CT molecular complexity index is 627. The second-order valence-corrected chi connectivity index (χ2v) is 36.2. The van der Waals surface area contributed by atoms with Crippen LogP contribution >= 0.6 is 0 Å². The third-order valence-corrected chi connectivity index (χ3v) is 42.0. The predicted octanol–water partition coefficient (Wildman–Crippen LogP) is 14.0. The molecule has 0 spiro atoms. The van der Waals surface area contributed by atoms with Crippen molar-refractivity contribution in [3.8, 4) is 0 Å². The Labute approximate surface area is 304 Å². The van der Waals surface area contributed by atoms with E-state index in [1.54, 1.807) is 0 Å². The zero-order chi connectivity index (χ0) is 34.9. The molecule has 0 aromatic rings. The zero-order valence-corrected chi connectivity index (χ0v) is 38.4. The SMILES string of the molecule is CCCCCCC[CH2][Sn]([CH2]CCCCCCC)([O]C(=O)CCC)[O][Sn]([CH2]CCCCCCC)([CH2]CCCCCCC)[O]C(=O)CCC. The Balaban J connectivity index is 6.44. The third-order valence-electron chi connectivity index (χ3n) is 9.52. The average Bonchev–Trinajstić information content (AvgIpc) is 3.04. The molecule has 47 heavy (non-hydrogen) atoms. The van der Waals surface area contributed by atoms with Gasteiger partial charge in [-0.1, -0.05) is 0 Å². The molecular formula is C40H82O5Sn2. The van der Waals surface area contributed by atoms with Gasteiger partial charge < -0.3 is 0 Å². The first-order chi connectivity index (χ1) is 22.9. The molecule has 0 fully saturated rings. The van der Waals surface area contributed by atoms with Crippen molar-refractivity contribution < 1.29 is 17.1 Å². The fourth-order valence-corrected chi connectivity index (χ4v) is 46.9. The summed E-state index contributed by atoms with van der Waals surface area (Å²) in [5.74, 6) is -0.112. The summed E-state index contributed by atoms with van der Waals surface area (Å²) in [5.41, 5.74) is 0. The van der Waals surface area contributed by atoms with Crippen LogP contribution in [-0.2, 0) is 17.1 Å². The summed E-state index contributed by atoms with van der Waals surface area (Å²) in [6.45, 7) is 13.2. The van der Waals surface area contributed by atoms with Crippen LogP contribution in [0, 0.1) is 0 Å². The van der Waals surface area contributed by atoms with Gasteiger partial charge in [-0.2, -0.15) is 0 Å². The summed E-state index contributed by atoms with van der Waals surface area (Å²) < 4.78 is 25.0. The van der Waals surface area contributed by atoms with E-state index < -0.39 is 38.4 Å². The van der Waals surface area contributed by atoms with Crippen LogP contribution in [0.3, 0.4) is 0 Å². The van der Waals surface area contributed by atoms with Crippen molar-refractivity contribution in [1.29, 1.82) is 0 Å². The summed E-state index contributed by atoms with van der Waals surface area (Å²) in [5, 5.41) is 0. The van der Waals surface area contributed by atoms with Crippen molar-refractivity contribution >= 4 is 50.3 Å². The number of carbonyl (C=O) groups is 2. The molecule has 280 valence electrons. The van der Waals surface area contributed by atoms with Crippen molar-refractivity contribution in [1.82, 2.24) is 0 Å². The molecule has 0 saturated heterocycles. The van der Waals surface area contributed by atoms with E-state index in [2.05, 4.69) is 41.5 Å². The van der Waals surface area contributed by atoms with Crippen molar-refractivity contribution in [2.24, 2.45) is 0 Å². The zero-order valence-electron chi connectivity index (χ0n) is 32.7. The molecule has 0 N–H and O–H groups in total. The molecule has 0 aliphatic rings. The molecule has 0 aliphatic heterocycles. The van der Waals surface area contributed by atoms with Crippen LogP contribution in [0.5, 0.6) is 0 Å². The molecule has 0 bridgehead atoms. The van der Waals surface area contributed by atoms with Gasteiger partial charge in [0.1, 0.15) is 0 Å². The number of carbonyl (C=O) groups excluding carboxylic acids is 2. The van der Waals surface area contributed by atoms with Gasteiger partial charge in [-0.25, -0.2) is 0 Å². The van der Waals surface area contributed by atoms with Crippen molar-refractivity contribution in [3.63, 3.8) is 0 Å². The molecule has 0 aromatic carbocycles. The molecule has 0 aromatic heterocycles. The molecule has 0 rings (SSSR count). The Morgan fingerprint density at radius 3 is 0.809 bits per heavy atom. The van der Waals surface area contributed by atoms with Gasteiger partial charge in [0.15, 0.2) is 0 Å². The molecule has 0 heterocycles. The van der Waals surface area contributed by atoms with Crippen LogP contribution in [0.4, 0.5) is 0 Å². The molecule has 0 atom stereocenters. The number of rotatable bonds is 36. The molecule has 0 aliphatic carbocycles. The van der Waals surface area contributed by atoms with Gasteiger partial charge in [-0.05, 0) is 0 Å². The van der Waals surface area contributed by atoms with Crippen LogP contribution in [-0.4, -0.2) is 50.3 Å². The summed E-state index contributed by atoms with van der Waals surface area (Å²) in [6.07, 6.45) is 31.8. The van der Waals surface area contributed by atoms with E-state index in [0.717, 1.165) is 56.3 Å². The van der Waals surface area contributed by atoms with Gasteiger partial charge in [0.2, 0.25) is 0 Å². The molecular weight excluding hydrogens is 798 g/mol. The Morgan fingerprint density at radius 1 is 0.340 bits per heavy atom. The minimum atomic E-state index is -3.97. The summed E-state index contributed by atoms with van der Waals surface area (Å²) in [6, 6.07) is 0. The van der Waals surface area contributed by atoms with E-state index in [1.807, 2.05) is 0 Å². The Kier molecular flexibility index (Phi) is 34.0. The molecule has 0 unspecified atom stereocenters. The van der Waals surface area contributed by atoms with Gasteiger partial charge in [0.25, 0.3) is 0 Å². The van der Waals surface area contributed by atoms with E-state index in [0.29, 0.717) is 12.8 Å². The monoisotopic (exact) mass is 882 g/mol. The first-order valence-electron chi connectivity index (χ1n) is 21.0. The second kappa shape index (κ2) is 33.6. The maximum absolute atomic E-state index is 13.4. The van der Waals surface area contributed by atoms with E-state index >= 15 is 0 Å². The van der Waals surface area contributed by atoms with E-state index in [-0.39, 0.29) is 11.9 Å². The second-order valence-electron chi connectivity index (χ2n) is 14.4. The first-order valence-corrected chi connectivity index (χ1v) is 33.7. The first kappa shape index (κ1) is 47.5. The Hall–Kier alpha value is 0.497. The van der Waals surface area contributed by atoms with E-state index in [4.69, 9.17) is 7.56 Å². The van der Waals surface area contributed by atoms with E-state index in [1.165, 1.54) is 128 Å². The van der Waals surface area contributed by atoms with Gasteiger partial charge in [-0.3, -0.25) is 0 Å². The topological polar surface area (TPSA) is 61.8 Å². The molecule has 0 radical (unpaired) electrons. The Morgan fingerprint density at radius 2 is 0.574 bits per heavy atom. The van der Waals surface area contributed by atoms with Crippen molar-refractivity contribution in [3.05, 3.63) is 0 Å². The van der Waals surface area contributed by atoms with Gasteiger partial charge in [-0.15, -0.1) is 0 Å². The predicted molar refractivity (Wildman–Crippen MR) is 207 cm³/mol. The van der Waals surface area contributed by atoms with Crippen LogP contribution < -0.4 is 0 Å². The standard InChI is InChI=1S/4C8H17.2C4H8O2.O.2Sn/c4*1-3-5-7-8-6-4-2;2*1-2-3-4(5)6;;;/h4*1,3-8H2,2H3;2*2-3H2,1H3,(H,5,6);;;/q;;;;;;;2*+1/p-2.